The van der Waals surface area contributed by atoms with Crippen molar-refractivity contribution in [3.63, 3.8) is 0 Å². The molecule has 2 aliphatic heterocycles. The number of piperidine rings is 1. The monoisotopic (exact) mass is 588 g/mol. The summed E-state index contributed by atoms with van der Waals surface area (Å²) in [6.45, 7) is 1.96. The smallest absolute Gasteiger partial charge is 0.340 e. The van der Waals surface area contributed by atoms with Gasteiger partial charge in [0, 0.05) is 45.2 Å². The quantitative estimate of drug-likeness (QED) is 0.454. The summed E-state index contributed by atoms with van der Waals surface area (Å²) in [5.41, 5.74) is -3.01. The normalized spacial score (nSPS) is 20.3. The van der Waals surface area contributed by atoms with Gasteiger partial charge in [-0.05, 0) is 67.7 Å². The Morgan fingerprint density at radius 2 is 1.46 bits per heavy atom. The number of alkyl halides is 6. The molecule has 2 atom stereocenters. The molecule has 2 aliphatic rings. The van der Waals surface area contributed by atoms with E-state index in [9.17, 15) is 40.3 Å². The number of anilines is 1. The van der Waals surface area contributed by atoms with Gasteiger partial charge in [-0.3, -0.25) is 9.69 Å². The van der Waals surface area contributed by atoms with Crippen LogP contribution in [-0.4, -0.2) is 68.1 Å². The Hall–Kier alpha value is -3.35. The standard InChI is InChI=1S/C28H31F7N4O2/c1-37(22-13-19(27(30,31)32)12-20(14-22)28(33,34)35)26(41)38(2)24-16-39(25(40)11-17-7-9-36-10-8-17)15-23(24)18-3-5-21(29)6-4-18/h3-6,12-14,17,23-24,36H,7-11,15-16H2,1-2H3. The van der Waals surface area contributed by atoms with Crippen LogP contribution in [0.3, 0.4) is 0 Å². The third-order valence-corrected chi connectivity index (χ3v) is 7.91. The van der Waals surface area contributed by atoms with Crippen molar-refractivity contribution in [1.29, 1.82) is 0 Å². The number of halogens is 7. The van der Waals surface area contributed by atoms with E-state index in [0.717, 1.165) is 37.9 Å². The molecule has 2 aromatic carbocycles. The van der Waals surface area contributed by atoms with Crippen LogP contribution in [0.2, 0.25) is 0 Å². The Morgan fingerprint density at radius 1 is 0.902 bits per heavy atom. The maximum atomic E-state index is 13.6. The van der Waals surface area contributed by atoms with E-state index < -0.39 is 53.0 Å². The predicted octanol–water partition coefficient (Wildman–Crippen LogP) is 5.74. The van der Waals surface area contributed by atoms with Crippen LogP contribution >= 0.6 is 0 Å². The van der Waals surface area contributed by atoms with E-state index in [-0.39, 0.29) is 31.0 Å². The van der Waals surface area contributed by atoms with Gasteiger partial charge in [0.05, 0.1) is 17.2 Å². The molecule has 0 spiro atoms. The first kappa shape index (κ1) is 30.6. The van der Waals surface area contributed by atoms with E-state index in [1.807, 2.05) is 0 Å². The van der Waals surface area contributed by atoms with Crippen molar-refractivity contribution in [2.75, 3.05) is 45.2 Å². The van der Waals surface area contributed by atoms with Crippen molar-refractivity contribution >= 4 is 17.6 Å². The lowest BCUT2D eigenvalue weighted by Gasteiger charge is -2.33. The minimum atomic E-state index is -5.07. The third kappa shape index (κ3) is 7.11. The highest BCUT2D eigenvalue weighted by Gasteiger charge is 2.42. The number of likely N-dealkylation sites (N-methyl/N-ethyl adjacent to an activating group) is 1. The van der Waals surface area contributed by atoms with Gasteiger partial charge >= 0.3 is 18.4 Å². The summed E-state index contributed by atoms with van der Waals surface area (Å²) in [5, 5.41) is 3.24. The molecule has 0 bridgehead atoms. The van der Waals surface area contributed by atoms with Gasteiger partial charge in [-0.25, -0.2) is 9.18 Å². The average Bonchev–Trinajstić information content (AvgIpc) is 3.37. The lowest BCUT2D eigenvalue weighted by atomic mass is 9.93. The van der Waals surface area contributed by atoms with Gasteiger partial charge in [0.25, 0.3) is 0 Å². The summed E-state index contributed by atoms with van der Waals surface area (Å²) < 4.78 is 94.1. The highest BCUT2D eigenvalue weighted by Crippen LogP contribution is 2.39. The fourth-order valence-corrected chi connectivity index (χ4v) is 5.50. The van der Waals surface area contributed by atoms with E-state index in [2.05, 4.69) is 5.32 Å². The first-order chi connectivity index (χ1) is 19.1. The fraction of sp³-hybridized carbons (Fsp3) is 0.500. The van der Waals surface area contributed by atoms with Crippen LogP contribution in [-0.2, 0) is 17.1 Å². The molecule has 2 heterocycles. The third-order valence-electron chi connectivity index (χ3n) is 7.91. The molecule has 1 N–H and O–H groups in total. The Morgan fingerprint density at radius 3 is 2.00 bits per heavy atom. The van der Waals surface area contributed by atoms with E-state index in [1.54, 1.807) is 4.90 Å². The minimum Gasteiger partial charge on any atom is -0.340 e. The predicted molar refractivity (Wildman–Crippen MR) is 138 cm³/mol. The minimum absolute atomic E-state index is 0.00106. The topological polar surface area (TPSA) is 55.9 Å². The number of benzene rings is 2. The van der Waals surface area contributed by atoms with Crippen molar-refractivity contribution in [1.82, 2.24) is 15.1 Å². The number of rotatable bonds is 5. The Bertz CT molecular complexity index is 1210. The zero-order valence-corrected chi connectivity index (χ0v) is 22.5. The Labute approximate surface area is 233 Å². The van der Waals surface area contributed by atoms with Gasteiger partial charge in [-0.1, -0.05) is 12.1 Å². The van der Waals surface area contributed by atoms with E-state index in [4.69, 9.17) is 0 Å². The van der Waals surface area contributed by atoms with E-state index >= 15 is 0 Å². The molecule has 0 radical (unpaired) electrons. The molecule has 0 aromatic heterocycles. The largest absolute Gasteiger partial charge is 0.416 e. The maximum Gasteiger partial charge on any atom is 0.416 e. The molecular weight excluding hydrogens is 557 g/mol. The van der Waals surface area contributed by atoms with Gasteiger partial charge in [0.2, 0.25) is 5.91 Å². The number of nitrogens with one attached hydrogen (secondary N) is 1. The fourth-order valence-electron chi connectivity index (χ4n) is 5.50. The van der Waals surface area contributed by atoms with Crippen molar-refractivity contribution < 1.29 is 40.3 Å². The molecule has 224 valence electrons. The molecule has 2 fully saturated rings. The van der Waals surface area contributed by atoms with Crippen LogP contribution in [0.5, 0.6) is 0 Å². The average molecular weight is 589 g/mol. The highest BCUT2D eigenvalue weighted by molar-refractivity contribution is 5.92. The second-order valence-electron chi connectivity index (χ2n) is 10.6. The van der Waals surface area contributed by atoms with Crippen LogP contribution in [0, 0.1) is 11.7 Å². The molecule has 4 rings (SSSR count). The number of hydrogen-bond donors (Lipinski definition) is 1. The van der Waals surface area contributed by atoms with Gasteiger partial charge in [-0.2, -0.15) is 26.3 Å². The molecule has 0 saturated carbocycles. The number of carbonyl (C=O) groups excluding carboxylic acids is 2. The number of urea groups is 1. The molecule has 6 nitrogen and oxygen atoms in total. The highest BCUT2D eigenvalue weighted by atomic mass is 19.4. The second-order valence-corrected chi connectivity index (χ2v) is 10.6. The first-order valence-electron chi connectivity index (χ1n) is 13.2. The molecule has 3 amide bonds. The van der Waals surface area contributed by atoms with Crippen LogP contribution in [0.15, 0.2) is 42.5 Å². The van der Waals surface area contributed by atoms with Gasteiger partial charge in [-0.15, -0.1) is 0 Å². The van der Waals surface area contributed by atoms with Crippen molar-refractivity contribution in [2.45, 2.75) is 43.6 Å². The van der Waals surface area contributed by atoms with Crippen LogP contribution in [0.25, 0.3) is 0 Å². The lowest BCUT2D eigenvalue weighted by molar-refractivity contribution is -0.143. The molecule has 2 unspecified atom stereocenters. The molecule has 13 heteroatoms. The van der Waals surface area contributed by atoms with Gasteiger partial charge < -0.3 is 15.1 Å². The van der Waals surface area contributed by atoms with Crippen molar-refractivity contribution in [3.05, 3.63) is 65.0 Å². The number of likely N-dealkylation sites (tertiary alicyclic amines) is 1. The van der Waals surface area contributed by atoms with Crippen LogP contribution < -0.4 is 10.2 Å². The van der Waals surface area contributed by atoms with Crippen molar-refractivity contribution in [3.8, 4) is 0 Å². The zero-order chi connectivity index (χ0) is 30.1. The Kier molecular flexibility index (Phi) is 8.86. The number of amides is 3. The van der Waals surface area contributed by atoms with E-state index in [0.29, 0.717) is 24.1 Å². The molecular formula is C28H31F7N4O2. The van der Waals surface area contributed by atoms with E-state index in [1.165, 1.54) is 36.2 Å². The van der Waals surface area contributed by atoms with Crippen LogP contribution in [0.4, 0.5) is 41.2 Å². The Balaban J connectivity index is 1.60. The lowest BCUT2D eigenvalue weighted by Crippen LogP contribution is -2.47. The maximum absolute atomic E-state index is 13.6. The van der Waals surface area contributed by atoms with Crippen molar-refractivity contribution in [2.24, 2.45) is 5.92 Å². The second kappa shape index (κ2) is 11.9. The van der Waals surface area contributed by atoms with Gasteiger partial charge in [0.15, 0.2) is 0 Å². The molecule has 2 aromatic rings. The number of hydrogen-bond acceptors (Lipinski definition) is 3. The molecule has 41 heavy (non-hydrogen) atoms. The summed E-state index contributed by atoms with van der Waals surface area (Å²) in [6.07, 6.45) is -8.11. The van der Waals surface area contributed by atoms with Gasteiger partial charge in [0.1, 0.15) is 5.82 Å². The summed E-state index contributed by atoms with van der Waals surface area (Å²) in [7, 11) is 2.48. The SMILES string of the molecule is CN(C(=O)N(C)C1CN(C(=O)CC2CCNCC2)CC1c1ccc(F)cc1)c1cc(C(F)(F)F)cc(C(F)(F)F)c1. The molecule has 0 aliphatic carbocycles. The number of carbonyl (C=O) groups is 2. The first-order valence-corrected chi connectivity index (χ1v) is 13.2. The molecule has 2 saturated heterocycles. The summed E-state index contributed by atoms with van der Waals surface area (Å²) in [4.78, 5) is 30.3. The summed E-state index contributed by atoms with van der Waals surface area (Å²) in [6, 6.07) is 5.03. The zero-order valence-electron chi connectivity index (χ0n) is 22.5. The number of nitrogens with zero attached hydrogens (tertiary/aromatic N) is 3. The summed E-state index contributed by atoms with van der Waals surface area (Å²) in [5.74, 6) is -0.826. The summed E-state index contributed by atoms with van der Waals surface area (Å²) >= 11 is 0. The van der Waals surface area contributed by atoms with Crippen LogP contribution in [0.1, 0.15) is 41.9 Å².